The molecule has 0 unspecified atom stereocenters. The van der Waals surface area contributed by atoms with Crippen LogP contribution in [0.4, 0.5) is 5.69 Å². The lowest BCUT2D eigenvalue weighted by molar-refractivity contribution is 0.102. The van der Waals surface area contributed by atoms with Crippen molar-refractivity contribution in [3.05, 3.63) is 66.0 Å². The molecule has 3 rings (SSSR count). The number of anilines is 1. The molecular weight excluding hydrogens is 412 g/mol. The van der Waals surface area contributed by atoms with Gasteiger partial charge in [0.25, 0.3) is 17.0 Å². The summed E-state index contributed by atoms with van der Waals surface area (Å²) in [5, 5.41) is 2.93. The molecule has 30 heavy (non-hydrogen) atoms. The van der Waals surface area contributed by atoms with Crippen LogP contribution in [0.15, 0.2) is 38.6 Å². The molecule has 0 radical (unpaired) electrons. The zero-order valence-electron chi connectivity index (χ0n) is 17.0. The van der Waals surface area contributed by atoms with Crippen LogP contribution in [-0.4, -0.2) is 26.7 Å². The van der Waals surface area contributed by atoms with E-state index in [-0.39, 0.29) is 34.7 Å². The van der Waals surface area contributed by atoms with Gasteiger partial charge in [-0.2, -0.15) is 0 Å². The van der Waals surface area contributed by atoms with Crippen molar-refractivity contribution in [2.75, 3.05) is 12.4 Å². The summed E-state index contributed by atoms with van der Waals surface area (Å²) in [7, 11) is 2.93. The van der Waals surface area contributed by atoms with Crippen molar-refractivity contribution in [3.63, 3.8) is 0 Å². The predicted molar refractivity (Wildman–Crippen MR) is 115 cm³/mol. The summed E-state index contributed by atoms with van der Waals surface area (Å²) in [6.45, 7) is 3.73. The Balaban J connectivity index is 2.28. The summed E-state index contributed by atoms with van der Waals surface area (Å²) in [5.74, 6) is -0.230. The van der Waals surface area contributed by atoms with Crippen LogP contribution < -0.4 is 26.9 Å². The van der Waals surface area contributed by atoms with Gasteiger partial charge in [0.1, 0.15) is 11.4 Å². The average Bonchev–Trinajstić information content (AvgIpc) is 2.71. The summed E-state index contributed by atoms with van der Waals surface area (Å²) in [6.07, 6.45) is 0. The lowest BCUT2D eigenvalue weighted by Crippen LogP contribution is -2.42. The zero-order valence-corrected chi connectivity index (χ0v) is 17.7. The lowest BCUT2D eigenvalue weighted by Gasteiger charge is -2.16. The van der Waals surface area contributed by atoms with Crippen LogP contribution in [0, 0.1) is 0 Å². The van der Waals surface area contributed by atoms with Gasteiger partial charge in [-0.1, -0.05) is 11.6 Å². The lowest BCUT2D eigenvalue weighted by atomic mass is 10.1. The summed E-state index contributed by atoms with van der Waals surface area (Å²) < 4.78 is 8.62. The van der Waals surface area contributed by atoms with E-state index in [1.807, 2.05) is 0 Å². The summed E-state index contributed by atoms with van der Waals surface area (Å²) in [5.41, 5.74) is -1.34. The van der Waals surface area contributed by atoms with E-state index in [9.17, 15) is 19.2 Å². The predicted octanol–water partition coefficient (Wildman–Crippen LogP) is 1.82. The molecule has 9 nitrogen and oxygen atoms in total. The second-order valence-electron chi connectivity index (χ2n) is 6.53. The van der Waals surface area contributed by atoms with Crippen molar-refractivity contribution in [3.8, 4) is 5.75 Å². The number of pyridine rings is 1. The van der Waals surface area contributed by atoms with Gasteiger partial charge in [0.15, 0.2) is 0 Å². The number of methoxy groups -OCH3 is 1. The van der Waals surface area contributed by atoms with Crippen molar-refractivity contribution in [1.82, 2.24) is 13.7 Å². The Morgan fingerprint density at radius 2 is 1.77 bits per heavy atom. The quantitative estimate of drug-likeness (QED) is 0.662. The number of rotatable bonds is 5. The summed E-state index contributed by atoms with van der Waals surface area (Å²) in [6, 6.07) is 5.77. The van der Waals surface area contributed by atoms with Crippen molar-refractivity contribution in [1.29, 1.82) is 0 Å². The van der Waals surface area contributed by atoms with Crippen molar-refractivity contribution < 1.29 is 9.53 Å². The van der Waals surface area contributed by atoms with Gasteiger partial charge in [-0.3, -0.25) is 28.1 Å². The van der Waals surface area contributed by atoms with E-state index < -0.39 is 22.7 Å². The Labute approximate surface area is 176 Å². The minimum atomic E-state index is -0.667. The van der Waals surface area contributed by atoms with E-state index in [0.717, 1.165) is 10.6 Å². The number of hydrogen-bond donors (Lipinski definition) is 1. The van der Waals surface area contributed by atoms with Crippen molar-refractivity contribution >= 4 is 34.2 Å². The highest BCUT2D eigenvalue weighted by Gasteiger charge is 2.22. The van der Waals surface area contributed by atoms with Crippen LogP contribution in [0.5, 0.6) is 5.75 Å². The fraction of sp³-hybridized carbons (Fsp3) is 0.300. The number of nitrogens with zero attached hydrogens (tertiary/aromatic N) is 3. The molecule has 1 N–H and O–H groups in total. The van der Waals surface area contributed by atoms with E-state index in [0.29, 0.717) is 11.4 Å². The number of fused-ring (bicyclic) bond motifs is 1. The minimum Gasteiger partial charge on any atom is -0.495 e. The molecule has 1 amide bonds. The van der Waals surface area contributed by atoms with Crippen LogP contribution in [0.25, 0.3) is 11.0 Å². The maximum Gasteiger partial charge on any atom is 0.332 e. The van der Waals surface area contributed by atoms with Crippen molar-refractivity contribution in [2.45, 2.75) is 26.9 Å². The Bertz CT molecular complexity index is 1340. The smallest absolute Gasteiger partial charge is 0.332 e. The zero-order chi connectivity index (χ0) is 22.2. The fourth-order valence-corrected chi connectivity index (χ4v) is 3.65. The fourth-order valence-electron chi connectivity index (χ4n) is 3.39. The van der Waals surface area contributed by atoms with Gasteiger partial charge in [-0.05, 0) is 32.0 Å². The van der Waals surface area contributed by atoms with E-state index in [4.69, 9.17) is 16.3 Å². The third-order valence-corrected chi connectivity index (χ3v) is 5.16. The Kier molecular flexibility index (Phi) is 5.84. The van der Waals surface area contributed by atoms with Gasteiger partial charge in [-0.25, -0.2) is 4.79 Å². The molecule has 2 heterocycles. The maximum atomic E-state index is 13.0. The first-order valence-electron chi connectivity index (χ1n) is 9.27. The second kappa shape index (κ2) is 8.19. The highest BCUT2D eigenvalue weighted by molar-refractivity contribution is 6.32. The number of amides is 1. The Morgan fingerprint density at radius 3 is 2.33 bits per heavy atom. The van der Waals surface area contributed by atoms with Crippen LogP contribution >= 0.6 is 11.6 Å². The molecule has 0 spiro atoms. The molecule has 0 saturated heterocycles. The molecule has 0 fully saturated rings. The highest BCUT2D eigenvalue weighted by atomic mass is 35.5. The maximum absolute atomic E-state index is 13.0. The number of carbonyl (C=O) groups is 1. The average molecular weight is 433 g/mol. The normalized spacial score (nSPS) is 11.0. The summed E-state index contributed by atoms with van der Waals surface area (Å²) >= 11 is 6.10. The second-order valence-corrected chi connectivity index (χ2v) is 6.94. The molecule has 10 heteroatoms. The number of nitrogens with one attached hydrogen (secondary N) is 1. The molecule has 0 aliphatic rings. The van der Waals surface area contributed by atoms with E-state index in [1.54, 1.807) is 26.0 Å². The van der Waals surface area contributed by atoms with Gasteiger partial charge in [0.05, 0.1) is 23.1 Å². The Hall–Kier alpha value is -3.33. The summed E-state index contributed by atoms with van der Waals surface area (Å²) in [4.78, 5) is 51.3. The van der Waals surface area contributed by atoms with Crippen LogP contribution in [0.2, 0.25) is 5.02 Å². The van der Waals surface area contributed by atoms with Crippen LogP contribution in [0.1, 0.15) is 24.2 Å². The molecule has 0 aliphatic carbocycles. The largest absolute Gasteiger partial charge is 0.495 e. The van der Waals surface area contributed by atoms with Gasteiger partial charge >= 0.3 is 5.69 Å². The number of halogens is 1. The monoisotopic (exact) mass is 432 g/mol. The number of hydrogen-bond acceptors (Lipinski definition) is 5. The first-order chi connectivity index (χ1) is 14.2. The van der Waals surface area contributed by atoms with Crippen LogP contribution in [-0.2, 0) is 20.1 Å². The first-order valence-corrected chi connectivity index (χ1v) is 9.65. The van der Waals surface area contributed by atoms with Crippen molar-refractivity contribution in [2.24, 2.45) is 7.05 Å². The minimum absolute atomic E-state index is 0.00231. The SMILES string of the molecule is CCn1c(=O)c2c(C(=O)Nc3ccc(OC)c(Cl)c3)cc(=O)n(CC)c2n(C)c1=O. The standard InChI is InChI=1S/C20H21ClN4O5/c1-5-24-15(26)10-12(16-18(24)23(3)20(29)25(6-2)19(16)28)17(27)22-11-7-8-14(30-4)13(21)9-11/h7-10H,5-6H2,1-4H3,(H,22,27). The van der Waals surface area contributed by atoms with Gasteiger partial charge in [0.2, 0.25) is 0 Å². The first kappa shape index (κ1) is 21.4. The molecule has 1 aromatic carbocycles. The molecule has 0 aliphatic heterocycles. The molecule has 2 aromatic heterocycles. The number of ether oxygens (including phenoxy) is 1. The van der Waals surface area contributed by atoms with Gasteiger partial charge in [-0.15, -0.1) is 0 Å². The van der Waals surface area contributed by atoms with Crippen LogP contribution in [0.3, 0.4) is 0 Å². The topological polar surface area (TPSA) is 104 Å². The Morgan fingerprint density at radius 1 is 1.10 bits per heavy atom. The molecule has 158 valence electrons. The molecule has 0 saturated carbocycles. The highest BCUT2D eigenvalue weighted by Crippen LogP contribution is 2.27. The van der Waals surface area contributed by atoms with E-state index in [1.165, 1.54) is 29.4 Å². The number of aromatic nitrogens is 3. The van der Waals surface area contributed by atoms with E-state index in [2.05, 4.69) is 5.32 Å². The number of aryl methyl sites for hydroxylation is 2. The molecule has 3 aromatic rings. The molecular formula is C20H21ClN4O5. The number of carbonyl (C=O) groups excluding carboxylic acids is 1. The van der Waals surface area contributed by atoms with E-state index >= 15 is 0 Å². The third-order valence-electron chi connectivity index (χ3n) is 4.86. The van der Waals surface area contributed by atoms with Gasteiger partial charge in [0, 0.05) is 31.9 Å². The van der Waals surface area contributed by atoms with Gasteiger partial charge < -0.3 is 10.1 Å². The molecule has 0 bridgehead atoms. The number of benzene rings is 1. The molecule has 0 atom stereocenters. The third kappa shape index (κ3) is 3.41.